The molecule has 1 rings (SSSR count). The molecule has 0 N–H and O–H groups in total. The largest absolute Gasteiger partial charge is 0.465 e. The van der Waals surface area contributed by atoms with Gasteiger partial charge in [-0.15, -0.1) is 0 Å². The first-order chi connectivity index (χ1) is 9.08. The molecule has 1 aromatic rings. The minimum Gasteiger partial charge on any atom is -0.465 e. The highest BCUT2D eigenvalue weighted by Gasteiger charge is 2.38. The van der Waals surface area contributed by atoms with Crippen LogP contribution in [-0.4, -0.2) is 21.4 Å². The Balaban J connectivity index is 2.83. The second-order valence-corrected chi connectivity index (χ2v) is 11.4. The summed E-state index contributed by atoms with van der Waals surface area (Å²) < 4.78 is 11.0. The molecule has 0 aromatic heterocycles. The number of hydrogen-bond donors (Lipinski definition) is 0. The molecule has 112 valence electrons. The van der Waals surface area contributed by atoms with Crippen LogP contribution in [0.5, 0.6) is 0 Å². The summed E-state index contributed by atoms with van der Waals surface area (Å²) in [5.41, 5.74) is 1.65. The van der Waals surface area contributed by atoms with Gasteiger partial charge in [-0.3, -0.25) is 0 Å². The maximum absolute atomic E-state index is 11.4. The lowest BCUT2D eigenvalue weighted by atomic mass is 10.1. The Morgan fingerprint density at radius 2 is 1.65 bits per heavy atom. The standard InChI is InChI=1S/C16H26O3Si/c1-12(19-20(6,7)16(2,3)4)13-8-10-14(11-9-13)15(17)18-5/h8-12H,1-7H3/t12-/m0/s1. The lowest BCUT2D eigenvalue weighted by Crippen LogP contribution is -2.41. The molecule has 0 spiro atoms. The summed E-state index contributed by atoms with van der Waals surface area (Å²) in [6, 6.07) is 7.44. The second kappa shape index (κ2) is 6.10. The minimum absolute atomic E-state index is 0.0302. The van der Waals surface area contributed by atoms with E-state index < -0.39 is 8.32 Å². The lowest BCUT2D eigenvalue weighted by Gasteiger charge is -2.38. The smallest absolute Gasteiger partial charge is 0.337 e. The van der Waals surface area contributed by atoms with Crippen molar-refractivity contribution in [3.05, 3.63) is 35.4 Å². The van der Waals surface area contributed by atoms with Gasteiger partial charge in [0.05, 0.1) is 18.8 Å². The maximum Gasteiger partial charge on any atom is 0.337 e. The van der Waals surface area contributed by atoms with E-state index in [0.717, 1.165) is 5.56 Å². The third-order valence-electron chi connectivity index (χ3n) is 4.08. The highest BCUT2D eigenvalue weighted by Crippen LogP contribution is 2.39. The zero-order valence-electron chi connectivity index (χ0n) is 13.6. The summed E-state index contributed by atoms with van der Waals surface area (Å²) in [5.74, 6) is -0.311. The summed E-state index contributed by atoms with van der Waals surface area (Å²) in [7, 11) is -0.396. The van der Waals surface area contributed by atoms with E-state index in [1.165, 1.54) is 7.11 Å². The van der Waals surface area contributed by atoms with Gasteiger partial charge in [0, 0.05) is 0 Å². The Labute approximate surface area is 123 Å². The topological polar surface area (TPSA) is 35.5 Å². The molecule has 20 heavy (non-hydrogen) atoms. The molecule has 0 aliphatic rings. The molecule has 0 heterocycles. The number of carbonyl (C=O) groups is 1. The third kappa shape index (κ3) is 3.93. The van der Waals surface area contributed by atoms with Crippen molar-refractivity contribution in [1.82, 2.24) is 0 Å². The monoisotopic (exact) mass is 294 g/mol. The third-order valence-corrected chi connectivity index (χ3v) is 8.63. The van der Waals surface area contributed by atoms with Crippen LogP contribution in [0, 0.1) is 0 Å². The molecule has 0 aliphatic heterocycles. The first-order valence-corrected chi connectivity index (χ1v) is 9.85. The molecular weight excluding hydrogens is 268 g/mol. The Morgan fingerprint density at radius 1 is 1.15 bits per heavy atom. The van der Waals surface area contributed by atoms with Crippen LogP contribution in [0.15, 0.2) is 24.3 Å². The van der Waals surface area contributed by atoms with Gasteiger partial charge >= 0.3 is 5.97 Å². The number of methoxy groups -OCH3 is 1. The van der Waals surface area contributed by atoms with Gasteiger partial charge in [-0.25, -0.2) is 4.79 Å². The molecule has 0 saturated heterocycles. The van der Waals surface area contributed by atoms with E-state index in [9.17, 15) is 4.79 Å². The number of rotatable bonds is 4. The molecule has 4 heteroatoms. The van der Waals surface area contributed by atoms with Gasteiger partial charge < -0.3 is 9.16 Å². The Hall–Kier alpha value is -1.13. The van der Waals surface area contributed by atoms with Gasteiger partial charge in [0.1, 0.15) is 0 Å². The van der Waals surface area contributed by atoms with Crippen molar-refractivity contribution in [3.8, 4) is 0 Å². The van der Waals surface area contributed by atoms with Gasteiger partial charge in [-0.2, -0.15) is 0 Å². The quantitative estimate of drug-likeness (QED) is 0.603. The predicted octanol–water partition coefficient (Wildman–Crippen LogP) is 4.56. The molecule has 1 aromatic carbocycles. The van der Waals surface area contributed by atoms with E-state index in [1.54, 1.807) is 12.1 Å². The molecule has 0 bridgehead atoms. The Morgan fingerprint density at radius 3 is 2.05 bits per heavy atom. The molecule has 0 saturated carbocycles. The predicted molar refractivity (Wildman–Crippen MR) is 84.5 cm³/mol. The Bertz CT molecular complexity index is 458. The lowest BCUT2D eigenvalue weighted by molar-refractivity contribution is 0.0600. The molecule has 0 amide bonds. The number of hydrogen-bond acceptors (Lipinski definition) is 3. The second-order valence-electron chi connectivity index (χ2n) is 6.63. The SMILES string of the molecule is COC(=O)c1ccc([C@H](C)O[Si](C)(C)C(C)(C)C)cc1. The number of carbonyl (C=O) groups excluding carboxylic acids is 1. The minimum atomic E-state index is -1.78. The Kier molecular flexibility index (Phi) is 5.16. The van der Waals surface area contributed by atoms with Crippen molar-refractivity contribution < 1.29 is 14.0 Å². The summed E-state index contributed by atoms with van der Waals surface area (Å²) in [5, 5.41) is 0.188. The number of benzene rings is 1. The zero-order chi connectivity index (χ0) is 15.6. The summed E-state index contributed by atoms with van der Waals surface area (Å²) in [6.07, 6.45) is 0.0302. The normalized spacial score (nSPS) is 13.9. The first-order valence-electron chi connectivity index (χ1n) is 6.94. The molecule has 0 aliphatic carbocycles. The molecule has 0 unspecified atom stereocenters. The summed E-state index contributed by atoms with van der Waals surface area (Å²) >= 11 is 0. The van der Waals surface area contributed by atoms with Crippen LogP contribution in [0.4, 0.5) is 0 Å². The molecular formula is C16H26O3Si. The van der Waals surface area contributed by atoms with Gasteiger partial charge in [0.25, 0.3) is 0 Å². The van der Waals surface area contributed by atoms with Gasteiger partial charge in [0.2, 0.25) is 0 Å². The molecule has 1 atom stereocenters. The highest BCUT2D eigenvalue weighted by molar-refractivity contribution is 6.74. The van der Waals surface area contributed by atoms with Gasteiger partial charge in [-0.1, -0.05) is 32.9 Å². The first kappa shape index (κ1) is 16.9. The van der Waals surface area contributed by atoms with E-state index in [2.05, 4.69) is 40.8 Å². The van der Waals surface area contributed by atoms with Crippen LogP contribution in [-0.2, 0) is 9.16 Å². The molecule has 3 nitrogen and oxygen atoms in total. The van der Waals surface area contributed by atoms with Crippen LogP contribution < -0.4 is 0 Å². The summed E-state index contributed by atoms with van der Waals surface area (Å²) in [6.45, 7) is 13.2. The summed E-state index contributed by atoms with van der Waals surface area (Å²) in [4.78, 5) is 11.4. The number of ether oxygens (including phenoxy) is 1. The fraction of sp³-hybridized carbons (Fsp3) is 0.562. The average Bonchev–Trinajstić information content (AvgIpc) is 2.36. The van der Waals surface area contributed by atoms with Gasteiger partial charge in [0.15, 0.2) is 8.32 Å². The zero-order valence-corrected chi connectivity index (χ0v) is 14.6. The van der Waals surface area contributed by atoms with Crippen molar-refractivity contribution in [2.24, 2.45) is 0 Å². The van der Waals surface area contributed by atoms with Crippen LogP contribution in [0.3, 0.4) is 0 Å². The van der Waals surface area contributed by atoms with E-state index in [0.29, 0.717) is 5.56 Å². The molecule has 0 radical (unpaired) electrons. The van der Waals surface area contributed by atoms with Crippen molar-refractivity contribution >= 4 is 14.3 Å². The van der Waals surface area contributed by atoms with Crippen LogP contribution in [0.2, 0.25) is 18.1 Å². The fourth-order valence-electron chi connectivity index (χ4n) is 1.69. The molecule has 0 fully saturated rings. The average molecular weight is 294 g/mol. The number of esters is 1. The van der Waals surface area contributed by atoms with Crippen LogP contribution in [0.1, 0.15) is 49.7 Å². The van der Waals surface area contributed by atoms with Crippen molar-refractivity contribution in [2.75, 3.05) is 7.11 Å². The van der Waals surface area contributed by atoms with E-state index >= 15 is 0 Å². The highest BCUT2D eigenvalue weighted by atomic mass is 28.4. The van der Waals surface area contributed by atoms with Crippen molar-refractivity contribution in [1.29, 1.82) is 0 Å². The fourth-order valence-corrected chi connectivity index (χ4v) is 3.07. The van der Waals surface area contributed by atoms with E-state index in [1.807, 2.05) is 12.1 Å². The van der Waals surface area contributed by atoms with Gasteiger partial charge in [-0.05, 0) is 42.8 Å². The maximum atomic E-state index is 11.4. The van der Waals surface area contributed by atoms with E-state index in [-0.39, 0.29) is 17.1 Å². The van der Waals surface area contributed by atoms with Crippen molar-refractivity contribution in [3.63, 3.8) is 0 Å². The van der Waals surface area contributed by atoms with Crippen LogP contribution in [0.25, 0.3) is 0 Å². The van der Waals surface area contributed by atoms with Crippen LogP contribution >= 0.6 is 0 Å². The van der Waals surface area contributed by atoms with E-state index in [4.69, 9.17) is 9.16 Å². The van der Waals surface area contributed by atoms with Crippen molar-refractivity contribution in [2.45, 2.75) is 51.9 Å².